The van der Waals surface area contributed by atoms with Gasteiger partial charge in [0.2, 0.25) is 0 Å². The molecule has 4 bridgehead atoms. The summed E-state index contributed by atoms with van der Waals surface area (Å²) in [5, 5.41) is 7.33. The molecule has 7 rings (SSSR count). The molecule has 0 saturated heterocycles. The van der Waals surface area contributed by atoms with Crippen molar-refractivity contribution in [1.82, 2.24) is 9.88 Å². The van der Waals surface area contributed by atoms with Gasteiger partial charge in [-0.25, -0.2) is 9.59 Å². The average Bonchev–Trinajstić information content (AvgIpc) is 3.24. The monoisotopic (exact) mass is 471 g/mol. The number of anilines is 1. The van der Waals surface area contributed by atoms with Crippen LogP contribution in [0, 0.1) is 23.2 Å². The van der Waals surface area contributed by atoms with E-state index in [0.29, 0.717) is 17.5 Å². The zero-order chi connectivity index (χ0) is 24.0. The van der Waals surface area contributed by atoms with Gasteiger partial charge >= 0.3 is 12.0 Å². The third-order valence-electron chi connectivity index (χ3n) is 8.55. The molecule has 6 heteroatoms. The van der Waals surface area contributed by atoms with Crippen LogP contribution in [0.15, 0.2) is 54.7 Å². The normalized spacial score (nSPS) is 26.6. The highest BCUT2D eigenvalue weighted by atomic mass is 16.5. The van der Waals surface area contributed by atoms with Crippen LogP contribution in [-0.4, -0.2) is 30.2 Å². The fraction of sp³-hybridized carbons (Fsp3) is 0.448. The van der Waals surface area contributed by atoms with Crippen LogP contribution in [0.2, 0.25) is 0 Å². The second-order valence-corrected chi connectivity index (χ2v) is 11.1. The third-order valence-corrected chi connectivity index (χ3v) is 8.55. The number of carbonyl (C=O) groups is 2. The first-order valence-corrected chi connectivity index (χ1v) is 12.8. The van der Waals surface area contributed by atoms with Crippen LogP contribution < -0.4 is 10.6 Å². The standard InChI is InChI=1S/C29H33N3O3/c1-35-27(33)23-4-2-19(3-5-23)17-32-9-8-24-13-25(6-7-26(24)32)31-28(34)30-18-29-14-20-10-21(15-29)12-22(11-20)16-29/h2-9,13,20-22H,10-12,14-18H2,1H3,(H2,30,31,34). The Balaban J connectivity index is 1.08. The minimum atomic E-state index is -0.329. The highest BCUT2D eigenvalue weighted by Crippen LogP contribution is 2.59. The molecule has 0 aliphatic heterocycles. The van der Waals surface area contributed by atoms with Crippen LogP contribution in [0.25, 0.3) is 10.9 Å². The predicted octanol–water partition coefficient (Wildman–Crippen LogP) is 5.81. The first-order chi connectivity index (χ1) is 17.0. The maximum atomic E-state index is 12.7. The van der Waals surface area contributed by atoms with Crippen molar-refractivity contribution in [1.29, 1.82) is 0 Å². The highest BCUT2D eigenvalue weighted by molar-refractivity contribution is 5.93. The number of aromatic nitrogens is 1. The molecule has 0 unspecified atom stereocenters. The summed E-state index contributed by atoms with van der Waals surface area (Å²) in [5.41, 5.74) is 3.89. The van der Waals surface area contributed by atoms with Crippen molar-refractivity contribution in [3.8, 4) is 0 Å². The molecule has 4 saturated carbocycles. The van der Waals surface area contributed by atoms with E-state index in [1.165, 1.54) is 45.6 Å². The number of benzene rings is 2. The van der Waals surface area contributed by atoms with Crippen molar-refractivity contribution < 1.29 is 14.3 Å². The van der Waals surface area contributed by atoms with Crippen LogP contribution in [0.4, 0.5) is 10.5 Å². The van der Waals surface area contributed by atoms with Gasteiger partial charge in [-0.15, -0.1) is 0 Å². The van der Waals surface area contributed by atoms with Gasteiger partial charge in [0.15, 0.2) is 0 Å². The van der Waals surface area contributed by atoms with Crippen molar-refractivity contribution in [3.63, 3.8) is 0 Å². The van der Waals surface area contributed by atoms with E-state index in [4.69, 9.17) is 4.74 Å². The quantitative estimate of drug-likeness (QED) is 0.445. The molecule has 4 fully saturated rings. The summed E-state index contributed by atoms with van der Waals surface area (Å²) in [7, 11) is 1.39. The van der Waals surface area contributed by atoms with Crippen molar-refractivity contribution in [3.05, 3.63) is 65.9 Å². The summed E-state index contributed by atoms with van der Waals surface area (Å²) in [5.74, 6) is 2.35. The van der Waals surface area contributed by atoms with Crippen LogP contribution in [0.5, 0.6) is 0 Å². The van der Waals surface area contributed by atoms with Gasteiger partial charge in [-0.1, -0.05) is 12.1 Å². The first kappa shape index (κ1) is 22.2. The Kier molecular flexibility index (Phi) is 5.54. The number of hydrogen-bond donors (Lipinski definition) is 2. The van der Waals surface area contributed by atoms with E-state index >= 15 is 0 Å². The molecule has 2 N–H and O–H groups in total. The Bertz CT molecular complexity index is 1220. The second kappa shape index (κ2) is 8.74. The number of amides is 2. The van der Waals surface area contributed by atoms with Gasteiger partial charge in [-0.2, -0.15) is 0 Å². The van der Waals surface area contributed by atoms with E-state index in [1.807, 2.05) is 30.3 Å². The van der Waals surface area contributed by atoms with Gasteiger partial charge in [0.05, 0.1) is 12.7 Å². The average molecular weight is 472 g/mol. The zero-order valence-electron chi connectivity index (χ0n) is 20.3. The van der Waals surface area contributed by atoms with E-state index in [1.54, 1.807) is 12.1 Å². The Labute approximate surface area is 206 Å². The van der Waals surface area contributed by atoms with Gasteiger partial charge in [0.1, 0.15) is 0 Å². The number of nitrogens with zero attached hydrogens (tertiary/aromatic N) is 1. The smallest absolute Gasteiger partial charge is 0.337 e. The molecular weight excluding hydrogens is 438 g/mol. The van der Waals surface area contributed by atoms with E-state index in [9.17, 15) is 9.59 Å². The van der Waals surface area contributed by atoms with Crippen LogP contribution >= 0.6 is 0 Å². The molecule has 2 aromatic carbocycles. The second-order valence-electron chi connectivity index (χ2n) is 11.1. The van der Waals surface area contributed by atoms with Gasteiger partial charge in [-0.3, -0.25) is 0 Å². The number of methoxy groups -OCH3 is 1. The summed E-state index contributed by atoms with van der Waals surface area (Å²) in [6, 6.07) is 15.5. The lowest BCUT2D eigenvalue weighted by atomic mass is 9.49. The minimum Gasteiger partial charge on any atom is -0.465 e. The van der Waals surface area contributed by atoms with E-state index in [-0.39, 0.29) is 12.0 Å². The lowest BCUT2D eigenvalue weighted by molar-refractivity contribution is -0.0496. The molecule has 1 aromatic heterocycles. The number of carbonyl (C=O) groups excluding carboxylic acids is 2. The highest BCUT2D eigenvalue weighted by Gasteiger charge is 2.50. The number of fused-ring (bicyclic) bond motifs is 1. The number of ether oxygens (including phenoxy) is 1. The van der Waals surface area contributed by atoms with Crippen LogP contribution in [0.3, 0.4) is 0 Å². The lowest BCUT2D eigenvalue weighted by Crippen LogP contribution is -2.51. The van der Waals surface area contributed by atoms with E-state index in [2.05, 4.69) is 27.5 Å². The maximum absolute atomic E-state index is 12.7. The van der Waals surface area contributed by atoms with Gasteiger partial charge in [0.25, 0.3) is 0 Å². The van der Waals surface area contributed by atoms with E-state index in [0.717, 1.165) is 46.5 Å². The van der Waals surface area contributed by atoms with Crippen LogP contribution in [0.1, 0.15) is 54.4 Å². The molecule has 6 nitrogen and oxygen atoms in total. The summed E-state index contributed by atoms with van der Waals surface area (Å²) in [6.07, 6.45) is 10.2. The number of urea groups is 1. The number of esters is 1. The molecule has 35 heavy (non-hydrogen) atoms. The molecule has 4 aliphatic rings. The van der Waals surface area contributed by atoms with Gasteiger partial charge < -0.3 is 19.9 Å². The SMILES string of the molecule is COC(=O)c1ccc(Cn2ccc3cc(NC(=O)NCC45CC6CC(CC(C6)C4)C5)ccc32)cc1. The molecule has 3 aromatic rings. The lowest BCUT2D eigenvalue weighted by Gasteiger charge is -2.56. The zero-order valence-corrected chi connectivity index (χ0v) is 20.3. The molecule has 0 radical (unpaired) electrons. The molecule has 1 heterocycles. The first-order valence-electron chi connectivity index (χ1n) is 12.8. The summed E-state index contributed by atoms with van der Waals surface area (Å²) in [6.45, 7) is 1.50. The number of hydrogen-bond acceptors (Lipinski definition) is 3. The maximum Gasteiger partial charge on any atom is 0.337 e. The minimum absolute atomic E-state index is 0.106. The number of rotatable bonds is 6. The Morgan fingerprint density at radius 3 is 2.31 bits per heavy atom. The van der Waals surface area contributed by atoms with Crippen molar-refractivity contribution in [2.75, 3.05) is 19.0 Å². The molecule has 182 valence electrons. The summed E-state index contributed by atoms with van der Waals surface area (Å²) in [4.78, 5) is 24.4. The van der Waals surface area contributed by atoms with Crippen LogP contribution in [-0.2, 0) is 11.3 Å². The molecule has 0 spiro atoms. The Morgan fingerprint density at radius 1 is 0.971 bits per heavy atom. The van der Waals surface area contributed by atoms with E-state index < -0.39 is 0 Å². The van der Waals surface area contributed by atoms with Crippen molar-refractivity contribution in [2.45, 2.75) is 45.1 Å². The fourth-order valence-corrected chi connectivity index (χ4v) is 7.43. The summed E-state index contributed by atoms with van der Waals surface area (Å²) >= 11 is 0. The Hall–Kier alpha value is -3.28. The number of nitrogens with one attached hydrogen (secondary N) is 2. The van der Waals surface area contributed by atoms with Crippen molar-refractivity contribution in [2.24, 2.45) is 23.2 Å². The predicted molar refractivity (Wildman–Crippen MR) is 136 cm³/mol. The topological polar surface area (TPSA) is 72.4 Å². The van der Waals surface area contributed by atoms with Crippen molar-refractivity contribution >= 4 is 28.6 Å². The summed E-state index contributed by atoms with van der Waals surface area (Å²) < 4.78 is 6.94. The fourth-order valence-electron chi connectivity index (χ4n) is 7.43. The molecule has 2 amide bonds. The Morgan fingerprint density at radius 2 is 1.66 bits per heavy atom. The molecule has 4 aliphatic carbocycles. The van der Waals surface area contributed by atoms with Gasteiger partial charge in [0, 0.05) is 35.9 Å². The molecule has 0 atom stereocenters. The third kappa shape index (κ3) is 4.42. The largest absolute Gasteiger partial charge is 0.465 e. The van der Waals surface area contributed by atoms with Gasteiger partial charge in [-0.05, 0) is 104 Å². The molecular formula is C29H33N3O3.